The summed E-state index contributed by atoms with van der Waals surface area (Å²) in [5, 5.41) is 18.4. The Morgan fingerprint density at radius 1 is 0.568 bits per heavy atom. The van der Waals surface area contributed by atoms with Crippen LogP contribution >= 0.6 is 0 Å². The molecular weight excluding hydrogens is 576 g/mol. The first-order chi connectivity index (χ1) is 19.2. The van der Waals surface area contributed by atoms with Gasteiger partial charge in [0.25, 0.3) is 0 Å². The van der Waals surface area contributed by atoms with Crippen molar-refractivity contribution in [3.63, 3.8) is 0 Å². The van der Waals surface area contributed by atoms with Crippen LogP contribution in [-0.2, 0) is 28.8 Å². The molecule has 0 aromatic rings. The van der Waals surface area contributed by atoms with E-state index in [0.717, 1.165) is 0 Å². The van der Waals surface area contributed by atoms with Crippen LogP contribution in [0.25, 0.3) is 0 Å². The van der Waals surface area contributed by atoms with Crippen molar-refractivity contribution in [3.8, 4) is 0 Å². The molecule has 0 aliphatic carbocycles. The molecule has 11 N–H and O–H groups in total. The maximum atomic E-state index is 11.0. The van der Waals surface area contributed by atoms with Gasteiger partial charge in [0, 0.05) is 21.7 Å². The number of nitrogens with two attached hydrogens (primary N) is 3. The molecule has 0 spiro atoms. The second kappa shape index (κ2) is 22.5. The molecule has 0 aliphatic heterocycles. The zero-order valence-corrected chi connectivity index (χ0v) is 29.6. The van der Waals surface area contributed by atoms with Gasteiger partial charge in [0.15, 0.2) is 17.3 Å². The van der Waals surface area contributed by atoms with Crippen LogP contribution in [0.1, 0.15) is 104 Å². The summed E-state index contributed by atoms with van der Waals surface area (Å²) >= 11 is 0. The molecule has 0 heterocycles. The van der Waals surface area contributed by atoms with Gasteiger partial charge < -0.3 is 15.5 Å². The molecule has 0 aliphatic rings. The Kier molecular flexibility index (Phi) is 25.9. The minimum absolute atomic E-state index is 0.00347. The van der Waals surface area contributed by atoms with Crippen LogP contribution in [0.5, 0.6) is 0 Å². The fourth-order valence-corrected chi connectivity index (χ4v) is 1.29. The molecular formula is C29H62N6O9. The standard InChI is InChI=1S/C7H13NO3.C6H14N2O.C6H13NO2.C5H12N2O.C5H10O2/c1-7(2,3)5(9)4-8-6(10)11;1-6(2,3)5(9)4-8-7;1-6(2,3)5(8)4-9-7;1-5(2,3)4(8)7-6;1-5(2,3)4(6)7/h8H,4H2,1-3H3,(H,10,11);8H,4,7H2,1-3H3;4,7H2,1-3H3;6H2,1-3H3,(H,7,8);1-3H3,(H,6,7). The maximum absolute atomic E-state index is 11.0. The Hall–Kier alpha value is -2.98. The Bertz CT molecular complexity index is 859. The zero-order chi connectivity index (χ0) is 36.9. The number of carbonyl (C=O) groups excluding carboxylic acids is 4. The van der Waals surface area contributed by atoms with E-state index in [1.54, 1.807) is 62.3 Å². The minimum Gasteiger partial charge on any atom is -0.481 e. The lowest BCUT2D eigenvalue weighted by molar-refractivity contribution is -0.145. The van der Waals surface area contributed by atoms with Gasteiger partial charge in [0.2, 0.25) is 5.91 Å². The number of aliphatic carboxylic acids is 1. The third kappa shape index (κ3) is 35.2. The summed E-state index contributed by atoms with van der Waals surface area (Å²) in [7, 11) is 0. The Morgan fingerprint density at radius 2 is 0.886 bits per heavy atom. The van der Waals surface area contributed by atoms with Crippen LogP contribution in [0.15, 0.2) is 0 Å². The summed E-state index contributed by atoms with van der Waals surface area (Å²) in [6.07, 6.45) is -1.16. The minimum atomic E-state index is -1.16. The van der Waals surface area contributed by atoms with Crippen LogP contribution in [0.4, 0.5) is 4.79 Å². The van der Waals surface area contributed by atoms with E-state index < -0.39 is 22.9 Å². The third-order valence-corrected chi connectivity index (χ3v) is 4.84. The average molecular weight is 639 g/mol. The molecule has 15 heteroatoms. The molecule has 0 aromatic carbocycles. The molecule has 262 valence electrons. The number of hydrazine groups is 2. The van der Waals surface area contributed by atoms with Crippen molar-refractivity contribution >= 4 is 35.3 Å². The number of rotatable bonds is 6. The number of Topliss-reactive ketones (excluding diaryl/α,β-unsaturated/α-hetero) is 3. The van der Waals surface area contributed by atoms with Gasteiger partial charge in [-0.1, -0.05) is 83.1 Å². The smallest absolute Gasteiger partial charge is 0.405 e. The van der Waals surface area contributed by atoms with Crippen LogP contribution < -0.4 is 33.8 Å². The van der Waals surface area contributed by atoms with Crippen LogP contribution in [-0.4, -0.2) is 65.2 Å². The molecule has 0 saturated carbocycles. The highest BCUT2D eigenvalue weighted by atomic mass is 16.6. The van der Waals surface area contributed by atoms with Crippen LogP contribution in [0.3, 0.4) is 0 Å². The van der Waals surface area contributed by atoms with Crippen LogP contribution in [0, 0.1) is 27.1 Å². The monoisotopic (exact) mass is 638 g/mol. The molecule has 2 amide bonds. The summed E-state index contributed by atoms with van der Waals surface area (Å²) in [6, 6.07) is 0. The van der Waals surface area contributed by atoms with E-state index in [2.05, 4.69) is 15.7 Å². The van der Waals surface area contributed by atoms with Gasteiger partial charge in [-0.3, -0.25) is 45.5 Å². The summed E-state index contributed by atoms with van der Waals surface area (Å²) in [4.78, 5) is 67.6. The van der Waals surface area contributed by atoms with Gasteiger partial charge in [-0.25, -0.2) is 16.5 Å². The maximum Gasteiger partial charge on any atom is 0.405 e. The normalized spacial score (nSPS) is 11.2. The van der Waals surface area contributed by atoms with Crippen molar-refractivity contribution in [3.05, 3.63) is 0 Å². The topological polar surface area (TPSA) is 266 Å². The van der Waals surface area contributed by atoms with Crippen molar-refractivity contribution in [2.24, 2.45) is 44.7 Å². The molecule has 15 nitrogen and oxygen atoms in total. The van der Waals surface area contributed by atoms with Gasteiger partial charge >= 0.3 is 12.1 Å². The molecule has 44 heavy (non-hydrogen) atoms. The predicted molar refractivity (Wildman–Crippen MR) is 171 cm³/mol. The molecule has 0 radical (unpaired) electrons. The van der Waals surface area contributed by atoms with E-state index >= 15 is 0 Å². The highest BCUT2D eigenvalue weighted by Gasteiger charge is 2.22. The zero-order valence-electron chi connectivity index (χ0n) is 29.6. The van der Waals surface area contributed by atoms with Gasteiger partial charge in [-0.2, -0.15) is 0 Å². The first-order valence-electron chi connectivity index (χ1n) is 13.8. The number of carboxylic acids is 1. The largest absolute Gasteiger partial charge is 0.481 e. The molecule has 0 atom stereocenters. The Morgan fingerprint density at radius 3 is 1.00 bits per heavy atom. The van der Waals surface area contributed by atoms with E-state index in [0.29, 0.717) is 0 Å². The fraction of sp³-hybridized carbons (Fsp3) is 0.793. The SMILES string of the molecule is CC(C)(C)C(=O)CNC(=O)O.CC(C)(C)C(=O)CNN.CC(C)(C)C(=O)CON.CC(C)(C)C(=O)NN.CC(C)(C)C(=O)O. The summed E-state index contributed by atoms with van der Waals surface area (Å²) in [5.74, 6) is 13.7. The van der Waals surface area contributed by atoms with Crippen molar-refractivity contribution in [1.29, 1.82) is 0 Å². The highest BCUT2D eigenvalue weighted by Crippen LogP contribution is 2.15. The lowest BCUT2D eigenvalue weighted by Gasteiger charge is -2.15. The summed E-state index contributed by atoms with van der Waals surface area (Å²) < 4.78 is 0. The van der Waals surface area contributed by atoms with Gasteiger partial charge in [-0.05, 0) is 20.8 Å². The van der Waals surface area contributed by atoms with E-state index in [4.69, 9.17) is 27.8 Å². The second-order valence-corrected chi connectivity index (χ2v) is 14.6. The fourth-order valence-electron chi connectivity index (χ4n) is 1.29. The number of amides is 2. The number of hydrogen-bond donors (Lipinski definition) is 8. The molecule has 0 fully saturated rings. The number of nitrogens with one attached hydrogen (secondary N) is 3. The second-order valence-electron chi connectivity index (χ2n) is 14.6. The Balaban J connectivity index is -0.000000145. The van der Waals surface area contributed by atoms with Gasteiger partial charge in [0.1, 0.15) is 6.61 Å². The number of carboxylic acid groups (broad SMARTS) is 2. The highest BCUT2D eigenvalue weighted by molar-refractivity contribution is 5.87. The first kappa shape index (κ1) is 50.6. The summed E-state index contributed by atoms with van der Waals surface area (Å²) in [6.45, 7) is 26.9. The Labute approximate surface area is 263 Å². The number of hydrogen-bond acceptors (Lipinski definition) is 11. The summed E-state index contributed by atoms with van der Waals surface area (Å²) in [5.41, 5.74) is 2.37. The van der Waals surface area contributed by atoms with Crippen LogP contribution in [0.2, 0.25) is 0 Å². The molecule has 0 aromatic heterocycles. The predicted octanol–water partition coefficient (Wildman–Crippen LogP) is 2.57. The average Bonchev–Trinajstić information content (AvgIpc) is 2.81. The van der Waals surface area contributed by atoms with Crippen molar-refractivity contribution in [2.45, 2.75) is 104 Å². The molecule has 0 unspecified atom stereocenters. The van der Waals surface area contributed by atoms with E-state index in [9.17, 15) is 28.8 Å². The number of ketones is 3. The quantitative estimate of drug-likeness (QED) is 0.118. The first-order valence-corrected chi connectivity index (χ1v) is 13.8. The molecule has 0 rings (SSSR count). The van der Waals surface area contributed by atoms with Crippen molar-refractivity contribution < 1.29 is 43.8 Å². The van der Waals surface area contributed by atoms with Gasteiger partial charge in [-0.15, -0.1) is 0 Å². The van der Waals surface area contributed by atoms with E-state index in [1.165, 1.54) is 0 Å². The lowest BCUT2D eigenvalue weighted by Crippen LogP contribution is -2.39. The lowest BCUT2D eigenvalue weighted by atomic mass is 9.91. The van der Waals surface area contributed by atoms with E-state index in [1.807, 2.05) is 46.9 Å². The molecule has 0 saturated heterocycles. The third-order valence-electron chi connectivity index (χ3n) is 4.84. The van der Waals surface area contributed by atoms with Crippen molar-refractivity contribution in [2.75, 3.05) is 19.7 Å². The number of carbonyl (C=O) groups is 6. The van der Waals surface area contributed by atoms with Crippen molar-refractivity contribution in [1.82, 2.24) is 16.2 Å². The molecule has 0 bridgehead atoms. The van der Waals surface area contributed by atoms with Gasteiger partial charge in [0.05, 0.1) is 18.5 Å². The van der Waals surface area contributed by atoms with E-state index in [-0.39, 0.29) is 59.2 Å².